The number of rotatable bonds is 5. The lowest BCUT2D eigenvalue weighted by Crippen LogP contribution is -2.61. The second kappa shape index (κ2) is 8.66. The molecule has 0 bridgehead atoms. The highest BCUT2D eigenvalue weighted by Gasteiger charge is 2.46. The molecule has 0 radical (unpaired) electrons. The van der Waals surface area contributed by atoms with Crippen LogP contribution in [0.4, 0.5) is 5.82 Å². The van der Waals surface area contributed by atoms with Crippen molar-refractivity contribution >= 4 is 39.9 Å². The molecule has 2 aliphatic heterocycles. The zero-order valence-corrected chi connectivity index (χ0v) is 21.0. The third kappa shape index (κ3) is 4.01. The molecule has 0 amide bonds. The highest BCUT2D eigenvalue weighted by atomic mass is 35.5. The SMILES string of the molecule is Cc1ncc(Cl)c(C(C)Oc2ccc3[nH]nc(-c4ccc(N5CC6(CCCO6)C5)nc4)c3c2)c1Cl. The van der Waals surface area contributed by atoms with Gasteiger partial charge in [0.05, 0.1) is 34.3 Å². The molecule has 1 spiro atoms. The fourth-order valence-corrected chi connectivity index (χ4v) is 5.68. The van der Waals surface area contributed by atoms with E-state index in [9.17, 15) is 0 Å². The Morgan fingerprint density at radius 3 is 2.74 bits per heavy atom. The minimum Gasteiger partial charge on any atom is -0.486 e. The van der Waals surface area contributed by atoms with E-state index in [1.54, 1.807) is 6.20 Å². The van der Waals surface area contributed by atoms with Gasteiger partial charge in [0, 0.05) is 35.5 Å². The molecule has 4 aromatic rings. The monoisotopic (exact) mass is 509 g/mol. The normalized spacial score (nSPS) is 17.7. The molecule has 180 valence electrons. The van der Waals surface area contributed by atoms with Crippen molar-refractivity contribution in [3.8, 4) is 17.0 Å². The van der Waals surface area contributed by atoms with Crippen molar-refractivity contribution < 1.29 is 9.47 Å². The van der Waals surface area contributed by atoms with Gasteiger partial charge in [0.2, 0.25) is 0 Å². The number of aromatic nitrogens is 4. The van der Waals surface area contributed by atoms with E-state index >= 15 is 0 Å². The van der Waals surface area contributed by atoms with Crippen LogP contribution in [0, 0.1) is 6.92 Å². The molecule has 1 atom stereocenters. The smallest absolute Gasteiger partial charge is 0.128 e. The fraction of sp³-hybridized carbons (Fsp3) is 0.346. The average molecular weight is 510 g/mol. The van der Waals surface area contributed by atoms with Crippen LogP contribution in [-0.2, 0) is 4.74 Å². The highest BCUT2D eigenvalue weighted by Crippen LogP contribution is 2.38. The largest absolute Gasteiger partial charge is 0.486 e. The molecule has 1 N–H and O–H groups in total. The summed E-state index contributed by atoms with van der Waals surface area (Å²) in [6.07, 6.45) is 5.42. The van der Waals surface area contributed by atoms with Crippen molar-refractivity contribution in [1.82, 2.24) is 20.2 Å². The van der Waals surface area contributed by atoms with Crippen molar-refractivity contribution in [1.29, 1.82) is 0 Å². The van der Waals surface area contributed by atoms with Crippen molar-refractivity contribution in [3.63, 3.8) is 0 Å². The molecule has 1 unspecified atom stereocenters. The van der Waals surface area contributed by atoms with E-state index in [1.807, 2.05) is 38.2 Å². The summed E-state index contributed by atoms with van der Waals surface area (Å²) in [7, 11) is 0. The second-order valence-corrected chi connectivity index (χ2v) is 10.1. The molecule has 6 rings (SSSR count). The van der Waals surface area contributed by atoms with Crippen LogP contribution in [0.1, 0.15) is 37.1 Å². The van der Waals surface area contributed by atoms with E-state index in [-0.39, 0.29) is 11.7 Å². The quantitative estimate of drug-likeness (QED) is 0.348. The van der Waals surface area contributed by atoms with Gasteiger partial charge in [-0.2, -0.15) is 5.10 Å². The number of benzene rings is 1. The summed E-state index contributed by atoms with van der Waals surface area (Å²) in [4.78, 5) is 11.2. The Kier molecular flexibility index (Phi) is 5.59. The number of fused-ring (bicyclic) bond motifs is 1. The molecule has 35 heavy (non-hydrogen) atoms. The first-order valence-corrected chi connectivity index (χ1v) is 12.5. The number of pyridine rings is 2. The number of anilines is 1. The second-order valence-electron chi connectivity index (χ2n) is 9.36. The van der Waals surface area contributed by atoms with Gasteiger partial charge in [0.15, 0.2) is 0 Å². The number of halogens is 2. The van der Waals surface area contributed by atoms with Gasteiger partial charge in [-0.15, -0.1) is 0 Å². The predicted octanol–water partition coefficient (Wildman–Crippen LogP) is 6.14. The third-order valence-corrected chi connectivity index (χ3v) is 7.70. The Hall–Kier alpha value is -2.87. The number of H-pyrrole nitrogens is 1. The molecule has 7 nitrogen and oxygen atoms in total. The van der Waals surface area contributed by atoms with Gasteiger partial charge in [0.1, 0.15) is 29.0 Å². The van der Waals surface area contributed by atoms with E-state index in [0.717, 1.165) is 66.1 Å². The van der Waals surface area contributed by atoms with Gasteiger partial charge in [-0.25, -0.2) is 4.98 Å². The molecule has 2 aliphatic rings. The summed E-state index contributed by atoms with van der Waals surface area (Å²) in [6.45, 7) is 6.47. The minimum atomic E-state index is -0.353. The Morgan fingerprint density at radius 1 is 1.14 bits per heavy atom. The van der Waals surface area contributed by atoms with Crippen LogP contribution in [0.2, 0.25) is 10.0 Å². The van der Waals surface area contributed by atoms with Crippen LogP contribution in [-0.4, -0.2) is 45.5 Å². The lowest BCUT2D eigenvalue weighted by Gasteiger charge is -2.47. The lowest BCUT2D eigenvalue weighted by molar-refractivity contribution is -0.0184. The summed E-state index contributed by atoms with van der Waals surface area (Å²) in [5.74, 6) is 1.66. The molecule has 1 aromatic carbocycles. The van der Waals surface area contributed by atoms with Gasteiger partial charge in [0.25, 0.3) is 0 Å². The van der Waals surface area contributed by atoms with Gasteiger partial charge in [-0.1, -0.05) is 23.2 Å². The van der Waals surface area contributed by atoms with E-state index in [0.29, 0.717) is 21.5 Å². The van der Waals surface area contributed by atoms with E-state index in [4.69, 9.17) is 37.7 Å². The third-order valence-electron chi connectivity index (χ3n) is 6.92. The Morgan fingerprint density at radius 2 is 2.00 bits per heavy atom. The Balaban J connectivity index is 1.23. The molecule has 2 fully saturated rings. The van der Waals surface area contributed by atoms with Gasteiger partial charge >= 0.3 is 0 Å². The molecule has 3 aromatic heterocycles. The summed E-state index contributed by atoms with van der Waals surface area (Å²) >= 11 is 12.8. The zero-order valence-electron chi connectivity index (χ0n) is 19.5. The van der Waals surface area contributed by atoms with Gasteiger partial charge < -0.3 is 14.4 Å². The van der Waals surface area contributed by atoms with E-state index in [1.165, 1.54) is 0 Å². The molecule has 5 heterocycles. The Bertz CT molecular complexity index is 1390. The summed E-state index contributed by atoms with van der Waals surface area (Å²) in [6, 6.07) is 9.95. The zero-order chi connectivity index (χ0) is 24.2. The van der Waals surface area contributed by atoms with Crippen molar-refractivity contribution in [2.45, 2.75) is 38.4 Å². The number of ether oxygens (including phenoxy) is 2. The maximum absolute atomic E-state index is 6.47. The van der Waals surface area contributed by atoms with Crippen LogP contribution >= 0.6 is 23.2 Å². The first-order valence-electron chi connectivity index (χ1n) is 11.7. The van der Waals surface area contributed by atoms with Crippen LogP contribution < -0.4 is 9.64 Å². The highest BCUT2D eigenvalue weighted by molar-refractivity contribution is 6.36. The number of nitrogens with zero attached hydrogens (tertiary/aromatic N) is 4. The van der Waals surface area contributed by atoms with Crippen LogP contribution in [0.3, 0.4) is 0 Å². The molecule has 9 heteroatoms. The summed E-state index contributed by atoms with van der Waals surface area (Å²) in [5.41, 5.74) is 4.18. The predicted molar refractivity (Wildman–Crippen MR) is 137 cm³/mol. The van der Waals surface area contributed by atoms with Gasteiger partial charge in [-0.05, 0) is 57.0 Å². The van der Waals surface area contributed by atoms with Crippen LogP contribution in [0.15, 0.2) is 42.7 Å². The first kappa shape index (κ1) is 22.6. The molecular weight excluding hydrogens is 485 g/mol. The van der Waals surface area contributed by atoms with Crippen molar-refractivity contribution in [2.24, 2.45) is 0 Å². The topological polar surface area (TPSA) is 76.2 Å². The number of hydrogen-bond donors (Lipinski definition) is 1. The Labute approximate surface area is 213 Å². The van der Waals surface area contributed by atoms with Crippen LogP contribution in [0.25, 0.3) is 22.2 Å². The maximum Gasteiger partial charge on any atom is 0.128 e. The van der Waals surface area contributed by atoms with Crippen molar-refractivity contribution in [3.05, 3.63) is 64.0 Å². The van der Waals surface area contributed by atoms with Crippen molar-refractivity contribution in [2.75, 3.05) is 24.6 Å². The standard InChI is InChI=1S/C26H25Cl2N5O2/c1-15-24(28)23(20(27)12-29-15)16(2)35-18-5-6-21-19(10-18)25(32-31-21)17-4-7-22(30-11-17)33-13-26(14-33)8-3-9-34-26/h4-7,10-12,16H,3,8-9,13-14H2,1-2H3,(H,31,32). The van der Waals surface area contributed by atoms with E-state index in [2.05, 4.69) is 32.2 Å². The summed E-state index contributed by atoms with van der Waals surface area (Å²) in [5, 5.41) is 9.61. The van der Waals surface area contributed by atoms with Crippen LogP contribution in [0.5, 0.6) is 5.75 Å². The molecular formula is C26H25Cl2N5O2. The number of aromatic amines is 1. The number of aryl methyl sites for hydroxylation is 1. The average Bonchev–Trinajstić information content (AvgIpc) is 3.49. The first-order chi connectivity index (χ1) is 16.9. The minimum absolute atomic E-state index is 0.0513. The lowest BCUT2D eigenvalue weighted by atomic mass is 9.91. The molecule has 2 saturated heterocycles. The summed E-state index contributed by atoms with van der Waals surface area (Å²) < 4.78 is 12.2. The number of hydrogen-bond acceptors (Lipinski definition) is 6. The fourth-order valence-electron chi connectivity index (χ4n) is 5.03. The molecule has 0 saturated carbocycles. The van der Waals surface area contributed by atoms with E-state index < -0.39 is 0 Å². The molecule has 0 aliphatic carbocycles. The number of nitrogens with one attached hydrogen (secondary N) is 1. The maximum atomic E-state index is 6.47. The van der Waals surface area contributed by atoms with Gasteiger partial charge in [-0.3, -0.25) is 10.1 Å².